The van der Waals surface area contributed by atoms with Gasteiger partial charge in [-0.3, -0.25) is 0 Å². The van der Waals surface area contributed by atoms with Gasteiger partial charge in [-0.25, -0.2) is 0 Å². The summed E-state index contributed by atoms with van der Waals surface area (Å²) < 4.78 is 6.78. The van der Waals surface area contributed by atoms with Crippen LogP contribution in [0.4, 0.5) is 0 Å². The molecule has 0 aliphatic carbocycles. The first-order chi connectivity index (χ1) is 17.7. The summed E-state index contributed by atoms with van der Waals surface area (Å²) in [6.07, 6.45) is 4.59. The van der Waals surface area contributed by atoms with Crippen LogP contribution in [-0.2, 0) is 10.8 Å². The summed E-state index contributed by atoms with van der Waals surface area (Å²) in [5.41, 5.74) is 4.07. The van der Waals surface area contributed by atoms with Crippen molar-refractivity contribution in [3.8, 4) is 0 Å². The normalized spacial score (nSPS) is 21.8. The minimum atomic E-state index is -1.87. The molecule has 1 aliphatic rings. The van der Waals surface area contributed by atoms with E-state index in [0.717, 1.165) is 12.8 Å². The fraction of sp³-hybridized carbons (Fsp3) is 0.455. The number of benzene rings is 3. The third-order valence-corrected chi connectivity index (χ3v) is 12.9. The van der Waals surface area contributed by atoms with E-state index in [4.69, 9.17) is 4.43 Å². The number of rotatable bonds is 9. The number of hydrogen-bond donors (Lipinski definition) is 2. The SMILES string of the molecule is CC(C)(C)[Si](C)(C)OC[C@H](N[C@H]1CCC[C@@H](Cc2ccccc2)N[C@@H]1c1ccccc1)c1ccccc1. The second kappa shape index (κ2) is 12.5. The summed E-state index contributed by atoms with van der Waals surface area (Å²) in [5.74, 6) is 0. The fourth-order valence-electron chi connectivity index (χ4n) is 5.12. The Morgan fingerprint density at radius 3 is 2.08 bits per heavy atom. The summed E-state index contributed by atoms with van der Waals surface area (Å²) >= 11 is 0. The minimum Gasteiger partial charge on any atom is -0.415 e. The molecule has 1 heterocycles. The van der Waals surface area contributed by atoms with Gasteiger partial charge < -0.3 is 15.1 Å². The molecule has 0 radical (unpaired) electrons. The van der Waals surface area contributed by atoms with E-state index in [1.165, 1.54) is 29.5 Å². The third kappa shape index (κ3) is 7.64. The Morgan fingerprint density at radius 2 is 1.46 bits per heavy atom. The van der Waals surface area contributed by atoms with Gasteiger partial charge in [-0.15, -0.1) is 0 Å². The van der Waals surface area contributed by atoms with Crippen molar-refractivity contribution in [2.45, 2.75) is 88.8 Å². The van der Waals surface area contributed by atoms with E-state index in [-0.39, 0.29) is 17.1 Å². The molecular formula is C33H46N2OSi. The van der Waals surface area contributed by atoms with Gasteiger partial charge in [0, 0.05) is 18.1 Å². The summed E-state index contributed by atoms with van der Waals surface area (Å²) in [4.78, 5) is 0. The summed E-state index contributed by atoms with van der Waals surface area (Å²) in [7, 11) is -1.87. The Hall–Kier alpha value is -2.24. The Balaban J connectivity index is 1.57. The van der Waals surface area contributed by atoms with Gasteiger partial charge in [0.2, 0.25) is 0 Å². The molecule has 1 fully saturated rings. The van der Waals surface area contributed by atoms with Gasteiger partial charge >= 0.3 is 0 Å². The van der Waals surface area contributed by atoms with Gasteiger partial charge in [-0.2, -0.15) is 0 Å². The Morgan fingerprint density at radius 1 is 0.865 bits per heavy atom. The average Bonchev–Trinajstić information content (AvgIpc) is 3.09. The van der Waals surface area contributed by atoms with Gasteiger partial charge in [0.25, 0.3) is 0 Å². The smallest absolute Gasteiger partial charge is 0.192 e. The average molecular weight is 515 g/mol. The van der Waals surface area contributed by atoms with Crippen LogP contribution in [0, 0.1) is 0 Å². The van der Waals surface area contributed by atoms with Gasteiger partial charge in [0.05, 0.1) is 12.6 Å². The molecule has 4 atom stereocenters. The lowest BCUT2D eigenvalue weighted by Gasteiger charge is -2.39. The topological polar surface area (TPSA) is 33.3 Å². The van der Waals surface area contributed by atoms with Crippen LogP contribution in [0.3, 0.4) is 0 Å². The van der Waals surface area contributed by atoms with E-state index < -0.39 is 8.32 Å². The molecular weight excluding hydrogens is 468 g/mol. The molecule has 37 heavy (non-hydrogen) atoms. The predicted octanol–water partition coefficient (Wildman–Crippen LogP) is 7.83. The van der Waals surface area contributed by atoms with Crippen molar-refractivity contribution in [1.82, 2.24) is 10.6 Å². The highest BCUT2D eigenvalue weighted by Crippen LogP contribution is 2.37. The van der Waals surface area contributed by atoms with E-state index in [0.29, 0.717) is 18.7 Å². The van der Waals surface area contributed by atoms with Crippen LogP contribution >= 0.6 is 0 Å². The standard InChI is InChI=1S/C33H46N2OSi/c1-33(2,3)37(4,5)36-25-31(27-18-11-7-12-19-27)35-30-23-15-22-29(24-26-16-9-6-10-17-26)34-32(30)28-20-13-8-14-21-28/h6-14,16-21,29-32,34-35H,15,22-25H2,1-5H3/t29-,30-,31-,32+/m0/s1. The van der Waals surface area contributed by atoms with Crippen molar-refractivity contribution in [3.63, 3.8) is 0 Å². The molecule has 0 unspecified atom stereocenters. The molecule has 0 amide bonds. The van der Waals surface area contributed by atoms with Crippen LogP contribution in [0.5, 0.6) is 0 Å². The van der Waals surface area contributed by atoms with E-state index in [1.54, 1.807) is 0 Å². The third-order valence-electron chi connectivity index (χ3n) is 8.40. The Labute approximate surface area is 226 Å². The van der Waals surface area contributed by atoms with E-state index >= 15 is 0 Å². The summed E-state index contributed by atoms with van der Waals surface area (Å²) in [5, 5.41) is 8.38. The van der Waals surface area contributed by atoms with Crippen molar-refractivity contribution >= 4 is 8.32 Å². The van der Waals surface area contributed by atoms with Gasteiger partial charge in [0.1, 0.15) is 0 Å². The van der Waals surface area contributed by atoms with Crippen LogP contribution in [0.15, 0.2) is 91.0 Å². The molecule has 1 aliphatic heterocycles. The van der Waals surface area contributed by atoms with Crippen LogP contribution < -0.4 is 10.6 Å². The van der Waals surface area contributed by atoms with Gasteiger partial charge in [-0.05, 0) is 54.1 Å². The largest absolute Gasteiger partial charge is 0.415 e. The number of hydrogen-bond acceptors (Lipinski definition) is 3. The van der Waals surface area contributed by atoms with Gasteiger partial charge in [-0.1, -0.05) is 118 Å². The van der Waals surface area contributed by atoms with Crippen LogP contribution in [0.25, 0.3) is 0 Å². The summed E-state index contributed by atoms with van der Waals surface area (Å²) in [6, 6.07) is 34.0. The minimum absolute atomic E-state index is 0.152. The number of nitrogens with one attached hydrogen (secondary N) is 2. The van der Waals surface area contributed by atoms with Crippen LogP contribution in [-0.4, -0.2) is 27.0 Å². The molecule has 3 nitrogen and oxygen atoms in total. The molecule has 0 bridgehead atoms. The first-order valence-corrected chi connectivity index (χ1v) is 16.9. The highest BCUT2D eigenvalue weighted by molar-refractivity contribution is 6.74. The zero-order valence-corrected chi connectivity index (χ0v) is 24.4. The van der Waals surface area contributed by atoms with Crippen molar-refractivity contribution in [2.24, 2.45) is 0 Å². The predicted molar refractivity (Wildman–Crippen MR) is 159 cm³/mol. The Kier molecular flexibility index (Phi) is 9.41. The molecule has 0 aromatic heterocycles. The maximum atomic E-state index is 6.78. The molecule has 0 saturated carbocycles. The van der Waals surface area contributed by atoms with Crippen molar-refractivity contribution < 1.29 is 4.43 Å². The lowest BCUT2D eigenvalue weighted by Crippen LogP contribution is -2.47. The van der Waals surface area contributed by atoms with Crippen molar-refractivity contribution in [3.05, 3.63) is 108 Å². The molecule has 2 N–H and O–H groups in total. The summed E-state index contributed by atoms with van der Waals surface area (Å²) in [6.45, 7) is 12.4. The second-order valence-corrected chi connectivity index (χ2v) is 17.0. The highest BCUT2D eigenvalue weighted by Gasteiger charge is 2.38. The molecule has 3 aromatic rings. The van der Waals surface area contributed by atoms with E-state index in [9.17, 15) is 0 Å². The van der Waals surface area contributed by atoms with E-state index in [2.05, 4.69) is 135 Å². The van der Waals surface area contributed by atoms with Crippen LogP contribution in [0.2, 0.25) is 18.1 Å². The van der Waals surface area contributed by atoms with Crippen LogP contribution in [0.1, 0.15) is 68.8 Å². The molecule has 0 spiro atoms. The molecule has 4 rings (SSSR count). The molecule has 3 aromatic carbocycles. The molecule has 4 heteroatoms. The molecule has 1 saturated heterocycles. The van der Waals surface area contributed by atoms with Crippen molar-refractivity contribution in [1.29, 1.82) is 0 Å². The maximum absolute atomic E-state index is 6.78. The first-order valence-electron chi connectivity index (χ1n) is 14.0. The maximum Gasteiger partial charge on any atom is 0.192 e. The fourth-order valence-corrected chi connectivity index (χ4v) is 6.14. The zero-order valence-electron chi connectivity index (χ0n) is 23.4. The van der Waals surface area contributed by atoms with Gasteiger partial charge in [0.15, 0.2) is 8.32 Å². The van der Waals surface area contributed by atoms with E-state index in [1.807, 2.05) is 0 Å². The first kappa shape index (κ1) is 27.8. The monoisotopic (exact) mass is 514 g/mol. The molecule has 198 valence electrons. The second-order valence-electron chi connectivity index (χ2n) is 12.2. The lowest BCUT2D eigenvalue weighted by atomic mass is 9.95. The Bertz CT molecular complexity index is 1070. The lowest BCUT2D eigenvalue weighted by molar-refractivity contribution is 0.220. The highest BCUT2D eigenvalue weighted by atomic mass is 28.4. The van der Waals surface area contributed by atoms with Crippen molar-refractivity contribution in [2.75, 3.05) is 6.61 Å². The quantitative estimate of drug-likeness (QED) is 0.285. The zero-order chi connectivity index (χ0) is 26.3.